The molecule has 0 unspecified atom stereocenters. The molecule has 5 nitrogen and oxygen atoms in total. The van der Waals surface area contributed by atoms with Crippen molar-refractivity contribution in [2.24, 2.45) is 0 Å². The Morgan fingerprint density at radius 2 is 1.78 bits per heavy atom. The van der Waals surface area contributed by atoms with Crippen LogP contribution in [-0.4, -0.2) is 35.0 Å². The van der Waals surface area contributed by atoms with Gasteiger partial charge in [0.2, 0.25) is 0 Å². The van der Waals surface area contributed by atoms with E-state index in [1.54, 1.807) is 19.1 Å². The molecule has 0 bridgehead atoms. The first-order valence-corrected chi connectivity index (χ1v) is 5.93. The summed E-state index contributed by atoms with van der Waals surface area (Å²) in [6, 6.07) is 6.92. The summed E-state index contributed by atoms with van der Waals surface area (Å²) in [7, 11) is 0. The molecule has 0 saturated heterocycles. The highest BCUT2D eigenvalue weighted by atomic mass is 16.3. The molecule has 0 saturated carbocycles. The topological polar surface area (TPSA) is 81.6 Å². The lowest BCUT2D eigenvalue weighted by Crippen LogP contribution is -2.55. The van der Waals surface area contributed by atoms with E-state index in [0.717, 1.165) is 5.56 Å². The molecule has 0 radical (unpaired) electrons. The van der Waals surface area contributed by atoms with Crippen LogP contribution in [0, 0.1) is 6.92 Å². The summed E-state index contributed by atoms with van der Waals surface area (Å²) in [4.78, 5) is 11.7. The van der Waals surface area contributed by atoms with Crippen LogP contribution in [0.15, 0.2) is 24.3 Å². The molecule has 1 rings (SSSR count). The summed E-state index contributed by atoms with van der Waals surface area (Å²) >= 11 is 0. The molecule has 0 aromatic heterocycles. The smallest absolute Gasteiger partial charge is 0.319 e. The van der Waals surface area contributed by atoms with E-state index in [1.165, 1.54) is 0 Å². The fourth-order valence-corrected chi connectivity index (χ4v) is 1.48. The molecule has 1 aromatic carbocycles. The van der Waals surface area contributed by atoms with Crippen molar-refractivity contribution in [3.63, 3.8) is 0 Å². The Balaban J connectivity index is 2.63. The minimum Gasteiger partial charge on any atom is -0.394 e. The number of nitrogens with one attached hydrogen (secondary N) is 2. The Labute approximate surface area is 107 Å². The molecule has 0 heterocycles. The number of rotatable bonds is 5. The second-order valence-electron chi connectivity index (χ2n) is 4.40. The molecule has 0 aliphatic carbocycles. The summed E-state index contributed by atoms with van der Waals surface area (Å²) in [5.74, 6) is 0. The molecule has 0 atom stereocenters. The Hall–Kier alpha value is -1.59. The molecule has 18 heavy (non-hydrogen) atoms. The van der Waals surface area contributed by atoms with Gasteiger partial charge in [-0.1, -0.05) is 24.6 Å². The lowest BCUT2D eigenvalue weighted by Gasteiger charge is -2.29. The third-order valence-electron chi connectivity index (χ3n) is 2.97. The van der Waals surface area contributed by atoms with E-state index in [9.17, 15) is 15.0 Å². The third kappa shape index (κ3) is 3.72. The number of anilines is 1. The van der Waals surface area contributed by atoms with Crippen LogP contribution in [0.3, 0.4) is 0 Å². The number of carbonyl (C=O) groups is 1. The second-order valence-corrected chi connectivity index (χ2v) is 4.40. The highest BCUT2D eigenvalue weighted by Crippen LogP contribution is 2.11. The van der Waals surface area contributed by atoms with Gasteiger partial charge in [-0.05, 0) is 25.5 Å². The van der Waals surface area contributed by atoms with E-state index < -0.39 is 11.6 Å². The third-order valence-corrected chi connectivity index (χ3v) is 2.97. The van der Waals surface area contributed by atoms with Gasteiger partial charge in [0.1, 0.15) is 0 Å². The SMILES string of the molecule is CCC(CO)(CO)NC(=O)Nc1ccc(C)cc1. The average Bonchev–Trinajstić information content (AvgIpc) is 2.39. The Bertz CT molecular complexity index is 377. The minimum absolute atomic E-state index is 0.304. The zero-order valence-corrected chi connectivity index (χ0v) is 10.7. The van der Waals surface area contributed by atoms with Gasteiger partial charge in [-0.3, -0.25) is 0 Å². The van der Waals surface area contributed by atoms with Gasteiger partial charge in [-0.25, -0.2) is 4.79 Å². The van der Waals surface area contributed by atoms with Gasteiger partial charge in [0.25, 0.3) is 0 Å². The maximum atomic E-state index is 11.7. The lowest BCUT2D eigenvalue weighted by molar-refractivity contribution is 0.0955. The van der Waals surface area contributed by atoms with E-state index in [0.29, 0.717) is 12.1 Å². The van der Waals surface area contributed by atoms with E-state index in [-0.39, 0.29) is 13.2 Å². The molecule has 0 spiro atoms. The number of aliphatic hydroxyl groups excluding tert-OH is 2. The van der Waals surface area contributed by atoms with Crippen molar-refractivity contribution in [3.05, 3.63) is 29.8 Å². The van der Waals surface area contributed by atoms with Crippen LogP contribution in [-0.2, 0) is 0 Å². The van der Waals surface area contributed by atoms with Crippen molar-refractivity contribution in [2.75, 3.05) is 18.5 Å². The fourth-order valence-electron chi connectivity index (χ4n) is 1.48. The Morgan fingerprint density at radius 3 is 2.22 bits per heavy atom. The van der Waals surface area contributed by atoms with E-state index in [4.69, 9.17) is 0 Å². The number of aliphatic hydroxyl groups is 2. The molecule has 0 fully saturated rings. The number of carbonyl (C=O) groups excluding carboxylic acids is 1. The van der Waals surface area contributed by atoms with Gasteiger partial charge in [0.05, 0.1) is 18.8 Å². The highest BCUT2D eigenvalue weighted by molar-refractivity contribution is 5.89. The molecule has 0 aliphatic heterocycles. The summed E-state index contributed by atoms with van der Waals surface area (Å²) in [5.41, 5.74) is 0.794. The van der Waals surface area contributed by atoms with Crippen LogP contribution < -0.4 is 10.6 Å². The number of benzene rings is 1. The number of hydrogen-bond donors (Lipinski definition) is 4. The van der Waals surface area contributed by atoms with Crippen molar-refractivity contribution in [3.8, 4) is 0 Å². The number of aryl methyl sites for hydroxylation is 1. The lowest BCUT2D eigenvalue weighted by atomic mass is 9.99. The quantitative estimate of drug-likeness (QED) is 0.636. The maximum Gasteiger partial charge on any atom is 0.319 e. The van der Waals surface area contributed by atoms with Crippen LogP contribution in [0.4, 0.5) is 10.5 Å². The summed E-state index contributed by atoms with van der Waals surface area (Å²) in [6.45, 7) is 3.14. The Morgan fingerprint density at radius 1 is 1.22 bits per heavy atom. The average molecular weight is 252 g/mol. The van der Waals surface area contributed by atoms with Gasteiger partial charge >= 0.3 is 6.03 Å². The standard InChI is InChI=1S/C13H20N2O3/c1-3-13(8-16,9-17)15-12(18)14-11-6-4-10(2)5-7-11/h4-7,16-17H,3,8-9H2,1-2H3,(H2,14,15,18). The van der Waals surface area contributed by atoms with Gasteiger partial charge < -0.3 is 20.8 Å². The molecule has 2 amide bonds. The summed E-state index contributed by atoms with van der Waals surface area (Å²) in [6.07, 6.45) is 0.446. The highest BCUT2D eigenvalue weighted by Gasteiger charge is 2.28. The van der Waals surface area contributed by atoms with E-state index in [2.05, 4.69) is 10.6 Å². The molecule has 4 N–H and O–H groups in total. The van der Waals surface area contributed by atoms with Crippen LogP contribution in [0.2, 0.25) is 0 Å². The van der Waals surface area contributed by atoms with Crippen molar-refractivity contribution in [1.82, 2.24) is 5.32 Å². The van der Waals surface area contributed by atoms with E-state index in [1.807, 2.05) is 19.1 Å². The second kappa shape index (κ2) is 6.37. The first kappa shape index (κ1) is 14.5. The first-order valence-electron chi connectivity index (χ1n) is 5.93. The predicted octanol–water partition coefficient (Wildman–Crippen LogP) is 1.25. The van der Waals surface area contributed by atoms with Gasteiger partial charge in [-0.2, -0.15) is 0 Å². The summed E-state index contributed by atoms with van der Waals surface area (Å²) < 4.78 is 0. The normalized spacial score (nSPS) is 11.1. The van der Waals surface area contributed by atoms with Gasteiger partial charge in [0.15, 0.2) is 0 Å². The zero-order valence-electron chi connectivity index (χ0n) is 10.7. The maximum absolute atomic E-state index is 11.7. The number of hydrogen-bond acceptors (Lipinski definition) is 3. The van der Waals surface area contributed by atoms with Crippen LogP contribution in [0.5, 0.6) is 0 Å². The van der Waals surface area contributed by atoms with Crippen LogP contribution in [0.25, 0.3) is 0 Å². The zero-order chi connectivity index (χ0) is 13.6. The van der Waals surface area contributed by atoms with Gasteiger partial charge in [0, 0.05) is 5.69 Å². The number of urea groups is 1. The van der Waals surface area contributed by atoms with Crippen LogP contribution in [0.1, 0.15) is 18.9 Å². The molecular formula is C13H20N2O3. The van der Waals surface area contributed by atoms with Crippen molar-refractivity contribution in [1.29, 1.82) is 0 Å². The fraction of sp³-hybridized carbons (Fsp3) is 0.462. The van der Waals surface area contributed by atoms with Crippen LogP contribution >= 0.6 is 0 Å². The van der Waals surface area contributed by atoms with E-state index >= 15 is 0 Å². The molecule has 1 aromatic rings. The monoisotopic (exact) mass is 252 g/mol. The van der Waals surface area contributed by atoms with Gasteiger partial charge in [-0.15, -0.1) is 0 Å². The Kier molecular flexibility index (Phi) is 5.12. The first-order chi connectivity index (χ1) is 8.55. The predicted molar refractivity (Wildman–Crippen MR) is 70.5 cm³/mol. The number of amides is 2. The minimum atomic E-state index is -0.977. The molecule has 0 aliphatic rings. The van der Waals surface area contributed by atoms with Crippen molar-refractivity contribution < 1.29 is 15.0 Å². The molecular weight excluding hydrogens is 232 g/mol. The molecule has 100 valence electrons. The van der Waals surface area contributed by atoms with Crippen molar-refractivity contribution in [2.45, 2.75) is 25.8 Å². The largest absolute Gasteiger partial charge is 0.394 e. The summed E-state index contributed by atoms with van der Waals surface area (Å²) in [5, 5.41) is 23.7. The van der Waals surface area contributed by atoms with Crippen molar-refractivity contribution >= 4 is 11.7 Å². The molecule has 5 heteroatoms.